The van der Waals surface area contributed by atoms with E-state index in [9.17, 15) is 14.4 Å². The van der Waals surface area contributed by atoms with Crippen LogP contribution in [0.1, 0.15) is 5.56 Å². The summed E-state index contributed by atoms with van der Waals surface area (Å²) in [5.74, 6) is -0.477. The van der Waals surface area contributed by atoms with Crippen molar-refractivity contribution in [2.75, 3.05) is 0 Å². The molecular weight excluding hydrogens is 220 g/mol. The Balaban J connectivity index is 2.33. The lowest BCUT2D eigenvalue weighted by Crippen LogP contribution is -2.40. The molecule has 0 aliphatic heterocycles. The molecule has 0 atom stereocenters. The van der Waals surface area contributed by atoms with E-state index in [0.717, 1.165) is 6.07 Å². The molecule has 0 radical (unpaired) electrons. The van der Waals surface area contributed by atoms with Crippen molar-refractivity contribution in [3.05, 3.63) is 60.2 Å². The normalized spacial score (nSPS) is 10.3. The van der Waals surface area contributed by atoms with Crippen LogP contribution < -0.4 is 10.0 Å². The number of hydrogen-bond acceptors (Lipinski definition) is 2. The van der Waals surface area contributed by atoms with Gasteiger partial charge >= 0.3 is 7.12 Å². The highest BCUT2D eigenvalue weighted by atomic mass is 19.1. The summed E-state index contributed by atoms with van der Waals surface area (Å²) < 4.78 is 14.9. The standard InChI is InChI=1S/C12H12BFNO2/c14-11-5-4-10(12(8-11)13(16)17)9-15-6-2-1-3-7-15/h1-8,16-17H,9H2/q+1. The first-order valence-corrected chi connectivity index (χ1v) is 5.25. The van der Waals surface area contributed by atoms with E-state index in [2.05, 4.69) is 0 Å². The zero-order valence-electron chi connectivity index (χ0n) is 9.12. The molecule has 1 heterocycles. The van der Waals surface area contributed by atoms with E-state index in [4.69, 9.17) is 0 Å². The van der Waals surface area contributed by atoms with Gasteiger partial charge in [0.2, 0.25) is 0 Å². The summed E-state index contributed by atoms with van der Waals surface area (Å²) in [4.78, 5) is 0. The van der Waals surface area contributed by atoms with Gasteiger partial charge in [0, 0.05) is 17.7 Å². The van der Waals surface area contributed by atoms with Gasteiger partial charge in [0.1, 0.15) is 5.82 Å². The van der Waals surface area contributed by atoms with Crippen molar-refractivity contribution >= 4 is 12.6 Å². The first kappa shape index (κ1) is 11.8. The van der Waals surface area contributed by atoms with Gasteiger partial charge in [-0.1, -0.05) is 12.1 Å². The Bertz CT molecular complexity index is 505. The second kappa shape index (κ2) is 5.08. The number of pyridine rings is 1. The number of hydrogen-bond donors (Lipinski definition) is 2. The van der Waals surface area contributed by atoms with Crippen molar-refractivity contribution in [1.29, 1.82) is 0 Å². The molecule has 0 saturated carbocycles. The number of benzene rings is 1. The predicted molar refractivity (Wildman–Crippen MR) is 62.0 cm³/mol. The van der Waals surface area contributed by atoms with Crippen LogP contribution in [0, 0.1) is 5.82 Å². The second-order valence-corrected chi connectivity index (χ2v) is 3.76. The molecule has 86 valence electrons. The third-order valence-electron chi connectivity index (χ3n) is 2.52. The Morgan fingerprint density at radius 1 is 1.12 bits per heavy atom. The first-order valence-electron chi connectivity index (χ1n) is 5.25. The van der Waals surface area contributed by atoms with Crippen LogP contribution >= 0.6 is 0 Å². The first-order chi connectivity index (χ1) is 8.16. The third-order valence-corrected chi connectivity index (χ3v) is 2.52. The zero-order chi connectivity index (χ0) is 12.3. The lowest BCUT2D eigenvalue weighted by molar-refractivity contribution is -0.688. The molecule has 0 unspecified atom stereocenters. The molecular formula is C12H12BFNO2+. The maximum atomic E-state index is 13.0. The number of nitrogens with zero attached hydrogens (tertiary/aromatic N) is 1. The Morgan fingerprint density at radius 2 is 1.82 bits per heavy atom. The maximum Gasteiger partial charge on any atom is 0.489 e. The molecule has 1 aromatic carbocycles. The van der Waals surface area contributed by atoms with Gasteiger partial charge in [-0.15, -0.1) is 0 Å². The average molecular weight is 232 g/mol. The van der Waals surface area contributed by atoms with Gasteiger partial charge in [0.25, 0.3) is 0 Å². The summed E-state index contributed by atoms with van der Waals surface area (Å²) in [6.07, 6.45) is 3.72. The summed E-state index contributed by atoms with van der Waals surface area (Å²) in [5.41, 5.74) is 0.874. The van der Waals surface area contributed by atoms with Crippen LogP contribution in [0.25, 0.3) is 0 Å². The highest BCUT2D eigenvalue weighted by Gasteiger charge is 2.18. The highest BCUT2D eigenvalue weighted by Crippen LogP contribution is 2.01. The maximum absolute atomic E-state index is 13.0. The van der Waals surface area contributed by atoms with Gasteiger partial charge in [-0.2, -0.15) is 0 Å². The fourth-order valence-corrected chi connectivity index (χ4v) is 1.69. The van der Waals surface area contributed by atoms with E-state index in [-0.39, 0.29) is 5.46 Å². The number of halogens is 1. The minimum absolute atomic E-state index is 0.196. The molecule has 1 aromatic heterocycles. The van der Waals surface area contributed by atoms with Crippen molar-refractivity contribution < 1.29 is 19.0 Å². The van der Waals surface area contributed by atoms with Crippen molar-refractivity contribution in [1.82, 2.24) is 0 Å². The molecule has 0 aliphatic rings. The van der Waals surface area contributed by atoms with E-state index in [0.29, 0.717) is 12.1 Å². The predicted octanol–water partition coefficient (Wildman–Crippen LogP) is -0.159. The Morgan fingerprint density at radius 3 is 2.47 bits per heavy atom. The van der Waals surface area contributed by atoms with Crippen molar-refractivity contribution in [2.45, 2.75) is 6.54 Å². The lowest BCUT2D eigenvalue weighted by Gasteiger charge is -2.06. The SMILES string of the molecule is OB(O)c1cc(F)ccc1C[n+]1ccccc1. The van der Waals surface area contributed by atoms with E-state index >= 15 is 0 Å². The molecule has 0 fully saturated rings. The molecule has 2 rings (SSSR count). The fourth-order valence-electron chi connectivity index (χ4n) is 1.69. The molecule has 5 heteroatoms. The molecule has 17 heavy (non-hydrogen) atoms. The number of aromatic nitrogens is 1. The molecule has 0 aliphatic carbocycles. The molecule has 0 bridgehead atoms. The molecule has 0 spiro atoms. The van der Waals surface area contributed by atoms with Gasteiger partial charge in [0.15, 0.2) is 18.9 Å². The van der Waals surface area contributed by atoms with Crippen LogP contribution in [0.3, 0.4) is 0 Å². The third kappa shape index (κ3) is 2.90. The van der Waals surface area contributed by atoms with Crippen LogP contribution in [0.2, 0.25) is 0 Å². The minimum atomic E-state index is -1.66. The molecule has 0 amide bonds. The second-order valence-electron chi connectivity index (χ2n) is 3.76. The summed E-state index contributed by atoms with van der Waals surface area (Å²) in [6, 6.07) is 9.65. The smallest absolute Gasteiger partial charge is 0.423 e. The summed E-state index contributed by atoms with van der Waals surface area (Å²) >= 11 is 0. The van der Waals surface area contributed by atoms with Crippen molar-refractivity contribution in [3.63, 3.8) is 0 Å². The number of rotatable bonds is 3. The van der Waals surface area contributed by atoms with Crippen LogP contribution in [0.5, 0.6) is 0 Å². The van der Waals surface area contributed by atoms with E-state index in [1.54, 1.807) is 6.07 Å². The van der Waals surface area contributed by atoms with Crippen LogP contribution in [0.15, 0.2) is 48.8 Å². The van der Waals surface area contributed by atoms with Gasteiger partial charge in [-0.05, 0) is 17.6 Å². The van der Waals surface area contributed by atoms with Gasteiger partial charge in [-0.25, -0.2) is 8.96 Å². The van der Waals surface area contributed by atoms with Crippen LogP contribution in [0.4, 0.5) is 4.39 Å². The Kier molecular flexibility index (Phi) is 3.51. The molecule has 3 nitrogen and oxygen atoms in total. The highest BCUT2D eigenvalue weighted by molar-refractivity contribution is 6.59. The Hall–Kier alpha value is -1.72. The molecule has 0 saturated heterocycles. The summed E-state index contributed by atoms with van der Waals surface area (Å²) in [7, 11) is -1.66. The van der Waals surface area contributed by atoms with E-state index in [1.165, 1.54) is 6.07 Å². The van der Waals surface area contributed by atoms with Gasteiger partial charge in [0.05, 0.1) is 0 Å². The fraction of sp³-hybridized carbons (Fsp3) is 0.0833. The van der Waals surface area contributed by atoms with Crippen LogP contribution in [-0.4, -0.2) is 17.2 Å². The van der Waals surface area contributed by atoms with E-state index in [1.807, 2.05) is 35.2 Å². The molecule has 2 N–H and O–H groups in total. The minimum Gasteiger partial charge on any atom is -0.423 e. The molecule has 2 aromatic rings. The van der Waals surface area contributed by atoms with Crippen molar-refractivity contribution in [3.8, 4) is 0 Å². The van der Waals surface area contributed by atoms with Gasteiger partial charge in [-0.3, -0.25) is 0 Å². The lowest BCUT2D eigenvalue weighted by atomic mass is 9.77. The van der Waals surface area contributed by atoms with Crippen molar-refractivity contribution in [2.24, 2.45) is 0 Å². The largest absolute Gasteiger partial charge is 0.489 e. The van der Waals surface area contributed by atoms with Crippen LogP contribution in [-0.2, 0) is 6.54 Å². The summed E-state index contributed by atoms with van der Waals surface area (Å²) in [5, 5.41) is 18.4. The quantitative estimate of drug-likeness (QED) is 0.570. The van der Waals surface area contributed by atoms with Gasteiger partial charge < -0.3 is 10.0 Å². The summed E-state index contributed by atoms with van der Waals surface area (Å²) in [6.45, 7) is 0.466. The monoisotopic (exact) mass is 232 g/mol. The topological polar surface area (TPSA) is 44.3 Å². The Labute approximate surface area is 98.9 Å². The zero-order valence-corrected chi connectivity index (χ0v) is 9.12. The average Bonchev–Trinajstić information content (AvgIpc) is 2.32. The van der Waals surface area contributed by atoms with E-state index < -0.39 is 12.9 Å².